The quantitative estimate of drug-likeness (QED) is 0.205. The minimum absolute atomic E-state index is 0. The Morgan fingerprint density at radius 3 is 2.63 bits per heavy atom. The van der Waals surface area contributed by atoms with E-state index in [2.05, 4.69) is 66.9 Å². The lowest BCUT2D eigenvalue weighted by molar-refractivity contribution is 0.211. The monoisotopic (exact) mass is 487 g/mol. The van der Waals surface area contributed by atoms with Gasteiger partial charge in [-0.1, -0.05) is 19.1 Å². The van der Waals surface area contributed by atoms with Gasteiger partial charge in [-0.3, -0.25) is 4.99 Å². The van der Waals surface area contributed by atoms with Crippen molar-refractivity contribution in [1.82, 2.24) is 25.4 Å². The average molecular weight is 487 g/mol. The van der Waals surface area contributed by atoms with E-state index < -0.39 is 0 Å². The second-order valence-corrected chi connectivity index (χ2v) is 5.76. The zero-order chi connectivity index (χ0) is 18.6. The summed E-state index contributed by atoms with van der Waals surface area (Å²) in [6.07, 6.45) is 2.64. The molecule has 27 heavy (non-hydrogen) atoms. The van der Waals surface area contributed by atoms with Crippen LogP contribution in [-0.2, 0) is 24.2 Å². The largest absolute Gasteiger partial charge is 0.383 e. The van der Waals surface area contributed by atoms with E-state index in [1.54, 1.807) is 20.5 Å². The highest BCUT2D eigenvalue weighted by atomic mass is 127. The summed E-state index contributed by atoms with van der Waals surface area (Å²) in [6, 6.07) is 8.34. The fourth-order valence-corrected chi connectivity index (χ4v) is 2.48. The molecular weight excluding hydrogens is 457 g/mol. The molecule has 0 saturated heterocycles. The highest BCUT2D eigenvalue weighted by Crippen LogP contribution is 2.09. The third-order valence-corrected chi connectivity index (χ3v) is 3.93. The maximum Gasteiger partial charge on any atom is 0.191 e. The van der Waals surface area contributed by atoms with E-state index in [0.29, 0.717) is 13.2 Å². The summed E-state index contributed by atoms with van der Waals surface area (Å²) < 4.78 is 7.08. The Morgan fingerprint density at radius 1 is 1.19 bits per heavy atom. The lowest BCUT2D eigenvalue weighted by atomic mass is 10.2. The molecule has 0 aliphatic rings. The highest BCUT2D eigenvalue weighted by molar-refractivity contribution is 14.0. The molecule has 2 rings (SSSR count). The zero-order valence-corrected chi connectivity index (χ0v) is 18.6. The van der Waals surface area contributed by atoms with Gasteiger partial charge < -0.3 is 25.3 Å². The number of halogens is 1. The molecule has 0 amide bonds. The second kappa shape index (κ2) is 13.3. The number of benzene rings is 1. The van der Waals surface area contributed by atoms with Gasteiger partial charge in [-0.15, -0.1) is 34.2 Å². The third kappa shape index (κ3) is 8.12. The zero-order valence-electron chi connectivity index (χ0n) is 16.2. The molecular formula is C18H30IN7O. The van der Waals surface area contributed by atoms with Crippen LogP contribution in [-0.4, -0.2) is 54.6 Å². The van der Waals surface area contributed by atoms with Crippen LogP contribution in [0.3, 0.4) is 0 Å². The van der Waals surface area contributed by atoms with Gasteiger partial charge in [0.15, 0.2) is 5.96 Å². The molecule has 1 aromatic carbocycles. The lowest BCUT2D eigenvalue weighted by Gasteiger charge is -2.13. The molecule has 8 nitrogen and oxygen atoms in total. The summed E-state index contributed by atoms with van der Waals surface area (Å²) in [4.78, 5) is 4.26. The Balaban J connectivity index is 0.00000364. The number of hydrogen-bond donors (Lipinski definition) is 3. The van der Waals surface area contributed by atoms with E-state index in [9.17, 15) is 0 Å². The van der Waals surface area contributed by atoms with E-state index in [4.69, 9.17) is 4.74 Å². The van der Waals surface area contributed by atoms with Gasteiger partial charge in [0.25, 0.3) is 0 Å². The van der Waals surface area contributed by atoms with Crippen molar-refractivity contribution in [3.8, 4) is 0 Å². The van der Waals surface area contributed by atoms with Crippen LogP contribution in [0, 0.1) is 0 Å². The Hall–Kier alpha value is -1.88. The molecule has 0 bridgehead atoms. The summed E-state index contributed by atoms with van der Waals surface area (Å²) in [7, 11) is 3.47. The highest BCUT2D eigenvalue weighted by Gasteiger charge is 2.02. The molecule has 0 aliphatic heterocycles. The molecule has 0 unspecified atom stereocenters. The number of guanidine groups is 1. The minimum atomic E-state index is 0. The van der Waals surface area contributed by atoms with Gasteiger partial charge in [0.05, 0.1) is 6.61 Å². The van der Waals surface area contributed by atoms with Crippen LogP contribution in [0.4, 0.5) is 5.69 Å². The number of ether oxygens (including phenoxy) is 1. The van der Waals surface area contributed by atoms with E-state index >= 15 is 0 Å². The van der Waals surface area contributed by atoms with Crippen molar-refractivity contribution in [2.24, 2.45) is 4.99 Å². The molecule has 150 valence electrons. The number of rotatable bonds is 10. The van der Waals surface area contributed by atoms with Gasteiger partial charge in [0.1, 0.15) is 12.2 Å². The second-order valence-electron chi connectivity index (χ2n) is 5.76. The SMILES string of the molecule is CCc1nncn1CCNC(=NC)NCc1ccc(NCCOC)cc1.I. The maximum absolute atomic E-state index is 5.03. The predicted molar refractivity (Wildman–Crippen MR) is 120 cm³/mol. The average Bonchev–Trinajstić information content (AvgIpc) is 3.13. The van der Waals surface area contributed by atoms with Crippen LogP contribution >= 0.6 is 24.0 Å². The van der Waals surface area contributed by atoms with Gasteiger partial charge in [-0.2, -0.15) is 0 Å². The molecule has 0 spiro atoms. The lowest BCUT2D eigenvalue weighted by Crippen LogP contribution is -2.38. The van der Waals surface area contributed by atoms with E-state index in [-0.39, 0.29) is 24.0 Å². The molecule has 0 fully saturated rings. The van der Waals surface area contributed by atoms with Crippen LogP contribution in [0.1, 0.15) is 18.3 Å². The van der Waals surface area contributed by atoms with Crippen LogP contribution in [0.5, 0.6) is 0 Å². The predicted octanol–water partition coefficient (Wildman–Crippen LogP) is 1.88. The van der Waals surface area contributed by atoms with Crippen molar-refractivity contribution >= 4 is 35.6 Å². The molecule has 0 aliphatic carbocycles. The Morgan fingerprint density at radius 2 is 1.96 bits per heavy atom. The Labute approximate surface area is 178 Å². The van der Waals surface area contributed by atoms with Crippen LogP contribution in [0.15, 0.2) is 35.6 Å². The normalized spacial score (nSPS) is 11.0. The molecule has 1 aromatic heterocycles. The topological polar surface area (TPSA) is 88.4 Å². The molecule has 2 aromatic rings. The van der Waals surface area contributed by atoms with E-state index in [1.165, 1.54) is 5.56 Å². The fourth-order valence-electron chi connectivity index (χ4n) is 2.48. The number of hydrogen-bond acceptors (Lipinski definition) is 5. The molecule has 1 heterocycles. The van der Waals surface area contributed by atoms with E-state index in [1.807, 2.05) is 0 Å². The summed E-state index contributed by atoms with van der Waals surface area (Å²) in [5, 5.41) is 18.0. The minimum Gasteiger partial charge on any atom is -0.383 e. The van der Waals surface area contributed by atoms with Crippen molar-refractivity contribution in [3.05, 3.63) is 42.0 Å². The molecule has 0 saturated carbocycles. The first-order chi connectivity index (χ1) is 12.8. The van der Waals surface area contributed by atoms with Gasteiger partial charge in [-0.25, -0.2) is 0 Å². The number of aryl methyl sites for hydroxylation is 1. The number of aromatic nitrogens is 3. The third-order valence-electron chi connectivity index (χ3n) is 3.93. The van der Waals surface area contributed by atoms with Gasteiger partial charge in [-0.05, 0) is 17.7 Å². The first-order valence-corrected chi connectivity index (χ1v) is 8.89. The van der Waals surface area contributed by atoms with Gasteiger partial charge in [0.2, 0.25) is 0 Å². The van der Waals surface area contributed by atoms with Crippen molar-refractivity contribution in [2.75, 3.05) is 39.2 Å². The summed E-state index contributed by atoms with van der Waals surface area (Å²) in [6.45, 7) is 5.85. The molecule has 0 radical (unpaired) electrons. The van der Waals surface area contributed by atoms with Gasteiger partial charge >= 0.3 is 0 Å². The van der Waals surface area contributed by atoms with Crippen molar-refractivity contribution in [3.63, 3.8) is 0 Å². The van der Waals surface area contributed by atoms with E-state index in [0.717, 1.165) is 43.5 Å². The number of anilines is 1. The first-order valence-electron chi connectivity index (χ1n) is 8.89. The maximum atomic E-state index is 5.03. The first kappa shape index (κ1) is 23.2. The van der Waals surface area contributed by atoms with Crippen molar-refractivity contribution in [1.29, 1.82) is 0 Å². The Kier molecular flexibility index (Phi) is 11.4. The summed E-state index contributed by atoms with van der Waals surface area (Å²) >= 11 is 0. The van der Waals surface area contributed by atoms with Crippen molar-refractivity contribution in [2.45, 2.75) is 26.4 Å². The fraction of sp³-hybridized carbons (Fsp3) is 0.500. The smallest absolute Gasteiger partial charge is 0.191 e. The molecule has 0 atom stereocenters. The van der Waals surface area contributed by atoms with Gasteiger partial charge in [0, 0.05) is 52.4 Å². The number of methoxy groups -OCH3 is 1. The number of aliphatic imine (C=N–C) groups is 1. The summed E-state index contributed by atoms with van der Waals surface area (Å²) in [5.41, 5.74) is 2.28. The van der Waals surface area contributed by atoms with Crippen LogP contribution < -0.4 is 16.0 Å². The van der Waals surface area contributed by atoms with Crippen LogP contribution in [0.25, 0.3) is 0 Å². The number of nitrogens with zero attached hydrogens (tertiary/aromatic N) is 4. The number of nitrogens with one attached hydrogen (secondary N) is 3. The van der Waals surface area contributed by atoms with Crippen molar-refractivity contribution < 1.29 is 4.74 Å². The molecule has 9 heteroatoms. The summed E-state index contributed by atoms with van der Waals surface area (Å²) in [5.74, 6) is 1.77. The van der Waals surface area contributed by atoms with Crippen LogP contribution in [0.2, 0.25) is 0 Å². The Bertz CT molecular complexity index is 673. The standard InChI is InChI=1S/C18H29N7O.HI/c1-4-17-24-23-14-25(17)11-9-21-18(19-2)22-13-15-5-7-16(8-6-15)20-10-12-26-3;/h5-8,14,20H,4,9-13H2,1-3H3,(H2,19,21,22);1H. The molecule has 3 N–H and O–H groups in total.